The van der Waals surface area contributed by atoms with Gasteiger partial charge in [0, 0.05) is 13.2 Å². The van der Waals surface area contributed by atoms with Gasteiger partial charge in [0.05, 0.1) is 10.7 Å². The van der Waals surface area contributed by atoms with Crippen LogP contribution in [0.2, 0.25) is 5.02 Å². The van der Waals surface area contributed by atoms with E-state index in [1.165, 1.54) is 0 Å². The van der Waals surface area contributed by atoms with Crippen molar-refractivity contribution in [2.24, 2.45) is 4.99 Å². The van der Waals surface area contributed by atoms with Crippen LogP contribution in [0, 0.1) is 0 Å². The van der Waals surface area contributed by atoms with Gasteiger partial charge in [-0.25, -0.2) is 0 Å². The zero-order chi connectivity index (χ0) is 8.97. The first-order valence-electron chi connectivity index (χ1n) is 3.29. The molecule has 0 aliphatic carbocycles. The SMILES string of the molecule is CN=C(NC=O)c1cc(Cl)c[nH]1. The first-order valence-corrected chi connectivity index (χ1v) is 3.67. The van der Waals surface area contributed by atoms with E-state index in [9.17, 15) is 4.79 Å². The van der Waals surface area contributed by atoms with Crippen molar-refractivity contribution in [3.8, 4) is 0 Å². The number of carbonyl (C=O) groups excluding carboxylic acids is 1. The number of carbonyl (C=O) groups is 1. The van der Waals surface area contributed by atoms with E-state index in [1.54, 1.807) is 19.3 Å². The summed E-state index contributed by atoms with van der Waals surface area (Å²) in [6.45, 7) is 0. The van der Waals surface area contributed by atoms with Gasteiger partial charge in [0.1, 0.15) is 0 Å². The summed E-state index contributed by atoms with van der Waals surface area (Å²) in [4.78, 5) is 16.8. The molecule has 2 N–H and O–H groups in total. The Morgan fingerprint density at radius 1 is 1.83 bits per heavy atom. The van der Waals surface area contributed by atoms with Crippen molar-refractivity contribution < 1.29 is 4.79 Å². The maximum Gasteiger partial charge on any atom is 0.212 e. The molecule has 0 aromatic carbocycles. The molecule has 12 heavy (non-hydrogen) atoms. The zero-order valence-electron chi connectivity index (χ0n) is 6.47. The highest BCUT2D eigenvalue weighted by molar-refractivity contribution is 6.31. The molecule has 1 aromatic rings. The van der Waals surface area contributed by atoms with Gasteiger partial charge < -0.3 is 10.3 Å². The summed E-state index contributed by atoms with van der Waals surface area (Å²) < 4.78 is 0. The fraction of sp³-hybridized carbons (Fsp3) is 0.143. The summed E-state index contributed by atoms with van der Waals surface area (Å²) in [5.41, 5.74) is 0.689. The molecule has 1 amide bonds. The van der Waals surface area contributed by atoms with Crippen molar-refractivity contribution in [2.45, 2.75) is 0 Å². The number of aromatic nitrogens is 1. The van der Waals surface area contributed by atoms with E-state index < -0.39 is 0 Å². The Labute approximate surface area is 74.6 Å². The molecular weight excluding hydrogens is 178 g/mol. The third-order valence-corrected chi connectivity index (χ3v) is 1.54. The van der Waals surface area contributed by atoms with Gasteiger partial charge in [-0.3, -0.25) is 9.79 Å². The number of rotatable bonds is 2. The van der Waals surface area contributed by atoms with E-state index in [0.29, 0.717) is 23.0 Å². The Morgan fingerprint density at radius 3 is 3.00 bits per heavy atom. The maximum absolute atomic E-state index is 10.1. The molecule has 0 aliphatic heterocycles. The van der Waals surface area contributed by atoms with Crippen LogP contribution in [-0.2, 0) is 4.79 Å². The number of amidine groups is 1. The second-order valence-corrected chi connectivity index (χ2v) is 2.50. The van der Waals surface area contributed by atoms with Crippen LogP contribution in [0.1, 0.15) is 5.69 Å². The van der Waals surface area contributed by atoms with Crippen molar-refractivity contribution in [3.05, 3.63) is 23.0 Å². The Kier molecular flexibility index (Phi) is 2.88. The van der Waals surface area contributed by atoms with E-state index in [2.05, 4.69) is 15.3 Å². The molecule has 0 unspecified atom stereocenters. The summed E-state index contributed by atoms with van der Waals surface area (Å²) in [7, 11) is 1.58. The number of aliphatic imine (C=N–C) groups is 1. The minimum absolute atomic E-state index is 0.469. The van der Waals surface area contributed by atoms with Crippen LogP contribution in [0.3, 0.4) is 0 Å². The Bertz CT molecular complexity index is 305. The molecule has 1 aromatic heterocycles. The summed E-state index contributed by atoms with van der Waals surface area (Å²) in [5.74, 6) is 0.469. The van der Waals surface area contributed by atoms with E-state index in [0.717, 1.165) is 0 Å². The molecule has 0 atom stereocenters. The van der Waals surface area contributed by atoms with Gasteiger partial charge in [0.25, 0.3) is 0 Å². The molecule has 4 nitrogen and oxygen atoms in total. The third kappa shape index (κ3) is 1.85. The predicted molar refractivity (Wildman–Crippen MR) is 47.5 cm³/mol. The molecule has 0 radical (unpaired) electrons. The van der Waals surface area contributed by atoms with Crippen molar-refractivity contribution >= 4 is 23.8 Å². The van der Waals surface area contributed by atoms with Crippen LogP contribution < -0.4 is 5.32 Å². The smallest absolute Gasteiger partial charge is 0.212 e. The number of aromatic amines is 1. The number of H-pyrrole nitrogens is 1. The second-order valence-electron chi connectivity index (χ2n) is 2.07. The first-order chi connectivity index (χ1) is 5.77. The van der Waals surface area contributed by atoms with Gasteiger partial charge in [-0.15, -0.1) is 0 Å². The Hall–Kier alpha value is -1.29. The van der Waals surface area contributed by atoms with E-state index in [-0.39, 0.29) is 0 Å². The molecular formula is C7H8ClN3O. The van der Waals surface area contributed by atoms with Crippen molar-refractivity contribution in [3.63, 3.8) is 0 Å². The average molecular weight is 186 g/mol. The lowest BCUT2D eigenvalue weighted by Gasteiger charge is -1.98. The number of nitrogens with zero attached hydrogens (tertiary/aromatic N) is 1. The summed E-state index contributed by atoms with van der Waals surface area (Å²) >= 11 is 5.66. The van der Waals surface area contributed by atoms with Crippen LogP contribution in [0.25, 0.3) is 0 Å². The van der Waals surface area contributed by atoms with Gasteiger partial charge in [0.2, 0.25) is 6.41 Å². The van der Waals surface area contributed by atoms with Crippen LogP contribution >= 0.6 is 11.6 Å². The molecule has 0 aliphatic rings. The first kappa shape index (κ1) is 8.80. The largest absolute Gasteiger partial charge is 0.357 e. The lowest BCUT2D eigenvalue weighted by molar-refractivity contribution is -0.108. The van der Waals surface area contributed by atoms with Gasteiger partial charge in [0.15, 0.2) is 5.84 Å². The Morgan fingerprint density at radius 2 is 2.58 bits per heavy atom. The van der Waals surface area contributed by atoms with Crippen molar-refractivity contribution in [1.29, 1.82) is 0 Å². The van der Waals surface area contributed by atoms with Gasteiger partial charge >= 0.3 is 0 Å². The average Bonchev–Trinajstić information content (AvgIpc) is 2.47. The molecule has 1 heterocycles. The predicted octanol–water partition coefficient (Wildman–Crippen LogP) is 0.790. The molecule has 0 bridgehead atoms. The molecule has 64 valence electrons. The normalized spacial score (nSPS) is 11.3. The maximum atomic E-state index is 10.1. The van der Waals surface area contributed by atoms with Crippen LogP contribution in [0.4, 0.5) is 0 Å². The monoisotopic (exact) mass is 185 g/mol. The summed E-state index contributed by atoms with van der Waals surface area (Å²) in [6.07, 6.45) is 2.19. The fourth-order valence-electron chi connectivity index (χ4n) is 0.823. The van der Waals surface area contributed by atoms with Gasteiger partial charge in [-0.05, 0) is 6.07 Å². The number of halogens is 1. The van der Waals surface area contributed by atoms with E-state index in [4.69, 9.17) is 11.6 Å². The topological polar surface area (TPSA) is 57.2 Å². The van der Waals surface area contributed by atoms with Gasteiger partial charge in [-0.1, -0.05) is 11.6 Å². The minimum Gasteiger partial charge on any atom is -0.357 e. The number of hydrogen-bond acceptors (Lipinski definition) is 2. The summed E-state index contributed by atoms with van der Waals surface area (Å²) in [6, 6.07) is 1.68. The fourth-order valence-corrected chi connectivity index (χ4v) is 0.987. The quantitative estimate of drug-likeness (QED) is 0.400. The highest BCUT2D eigenvalue weighted by Gasteiger charge is 2.02. The number of nitrogens with one attached hydrogen (secondary N) is 2. The highest BCUT2D eigenvalue weighted by Crippen LogP contribution is 2.09. The van der Waals surface area contributed by atoms with Crippen LogP contribution in [0.5, 0.6) is 0 Å². The van der Waals surface area contributed by atoms with Gasteiger partial charge in [-0.2, -0.15) is 0 Å². The van der Waals surface area contributed by atoms with Crippen LogP contribution in [-0.4, -0.2) is 24.3 Å². The molecule has 0 saturated heterocycles. The minimum atomic E-state index is 0.469. The zero-order valence-corrected chi connectivity index (χ0v) is 7.22. The molecule has 0 fully saturated rings. The molecule has 5 heteroatoms. The molecule has 1 rings (SSSR count). The number of amides is 1. The third-order valence-electron chi connectivity index (χ3n) is 1.32. The van der Waals surface area contributed by atoms with Crippen molar-refractivity contribution in [1.82, 2.24) is 10.3 Å². The lowest BCUT2D eigenvalue weighted by atomic mass is 10.4. The van der Waals surface area contributed by atoms with E-state index in [1.807, 2.05) is 0 Å². The Balaban J connectivity index is 2.87. The standard InChI is InChI=1S/C7H8ClN3O/c1-9-7(11-4-12)6-2-5(8)3-10-6/h2-4,10H,1H3,(H,9,11,12). The molecule has 0 saturated carbocycles. The van der Waals surface area contributed by atoms with Crippen molar-refractivity contribution in [2.75, 3.05) is 7.05 Å². The highest BCUT2D eigenvalue weighted by atomic mass is 35.5. The summed E-state index contributed by atoms with van der Waals surface area (Å²) in [5, 5.41) is 3.02. The second kappa shape index (κ2) is 3.92. The number of hydrogen-bond donors (Lipinski definition) is 2. The van der Waals surface area contributed by atoms with E-state index >= 15 is 0 Å². The van der Waals surface area contributed by atoms with Crippen LogP contribution in [0.15, 0.2) is 17.3 Å². The lowest BCUT2D eigenvalue weighted by Crippen LogP contribution is -2.22. The molecule has 0 spiro atoms.